The molecule has 0 aliphatic heterocycles. The zero-order valence-corrected chi connectivity index (χ0v) is 9.04. The first-order chi connectivity index (χ1) is 7.59. The molecule has 0 saturated heterocycles. The second kappa shape index (κ2) is 3.77. The van der Waals surface area contributed by atoms with E-state index in [0.717, 1.165) is 11.4 Å². The van der Waals surface area contributed by atoms with E-state index < -0.39 is 0 Å². The molecule has 0 radical (unpaired) electrons. The molecule has 0 aliphatic rings. The Morgan fingerprint density at radius 1 is 1.38 bits per heavy atom. The lowest BCUT2D eigenvalue weighted by molar-refractivity contribution is -0.384. The van der Waals surface area contributed by atoms with Gasteiger partial charge in [-0.1, -0.05) is 6.07 Å². The van der Waals surface area contributed by atoms with Crippen LogP contribution in [0.1, 0.15) is 11.4 Å². The van der Waals surface area contributed by atoms with Crippen molar-refractivity contribution >= 4 is 5.69 Å². The fourth-order valence-electron chi connectivity index (χ4n) is 1.61. The molecule has 0 spiro atoms. The van der Waals surface area contributed by atoms with Gasteiger partial charge < -0.3 is 0 Å². The van der Waals surface area contributed by atoms with Crippen LogP contribution in [0.5, 0.6) is 0 Å². The van der Waals surface area contributed by atoms with Gasteiger partial charge in [-0.3, -0.25) is 14.7 Å². The number of nitro groups is 1. The summed E-state index contributed by atoms with van der Waals surface area (Å²) in [4.78, 5) is 14.6. The highest BCUT2D eigenvalue weighted by atomic mass is 16.6. The van der Waals surface area contributed by atoms with Crippen LogP contribution in [0.15, 0.2) is 30.6 Å². The van der Waals surface area contributed by atoms with Crippen molar-refractivity contribution in [2.45, 2.75) is 13.8 Å². The highest BCUT2D eigenvalue weighted by Gasteiger charge is 2.15. The van der Waals surface area contributed by atoms with Gasteiger partial charge in [0.2, 0.25) is 0 Å². The predicted molar refractivity (Wildman–Crippen MR) is 59.7 cm³/mol. The fraction of sp³-hybridized carbons (Fsp3) is 0.182. The minimum atomic E-state index is -0.381. The number of hydrogen-bond donors (Lipinski definition) is 0. The quantitative estimate of drug-likeness (QED) is 0.573. The number of aromatic nitrogens is 2. The Hall–Kier alpha value is -2.17. The largest absolute Gasteiger partial charge is 0.298 e. The number of benzene rings is 1. The van der Waals surface area contributed by atoms with E-state index in [4.69, 9.17) is 0 Å². The molecule has 0 fully saturated rings. The van der Waals surface area contributed by atoms with Crippen molar-refractivity contribution in [2.24, 2.45) is 0 Å². The maximum Gasteiger partial charge on any atom is 0.293 e. The van der Waals surface area contributed by atoms with Crippen molar-refractivity contribution in [3.63, 3.8) is 0 Å². The van der Waals surface area contributed by atoms with Gasteiger partial charge in [-0.05, 0) is 25.5 Å². The molecule has 5 heteroatoms. The summed E-state index contributed by atoms with van der Waals surface area (Å²) in [7, 11) is 0. The lowest BCUT2D eigenvalue weighted by atomic mass is 10.2. The fourth-order valence-corrected chi connectivity index (χ4v) is 1.61. The zero-order chi connectivity index (χ0) is 11.7. The monoisotopic (exact) mass is 217 g/mol. The van der Waals surface area contributed by atoms with Crippen molar-refractivity contribution in [3.8, 4) is 5.69 Å². The minimum absolute atomic E-state index is 0.0895. The molecule has 16 heavy (non-hydrogen) atoms. The second-order valence-corrected chi connectivity index (χ2v) is 3.59. The van der Waals surface area contributed by atoms with Gasteiger partial charge in [-0.25, -0.2) is 4.98 Å². The average molecular weight is 217 g/mol. The van der Waals surface area contributed by atoms with Gasteiger partial charge in [0, 0.05) is 18.5 Å². The molecule has 2 aromatic rings. The van der Waals surface area contributed by atoms with Crippen LogP contribution in [0.4, 0.5) is 5.69 Å². The average Bonchev–Trinajstić information content (AvgIpc) is 2.63. The molecular formula is C11H11N3O2. The van der Waals surface area contributed by atoms with E-state index in [9.17, 15) is 10.1 Å². The Kier molecular flexibility index (Phi) is 2.44. The summed E-state index contributed by atoms with van der Waals surface area (Å²) >= 11 is 0. The Morgan fingerprint density at radius 3 is 2.69 bits per heavy atom. The highest BCUT2D eigenvalue weighted by Crippen LogP contribution is 2.24. The molecule has 0 aliphatic carbocycles. The molecule has 2 rings (SSSR count). The third-order valence-corrected chi connectivity index (χ3v) is 2.41. The molecule has 5 nitrogen and oxygen atoms in total. The summed E-state index contributed by atoms with van der Waals surface area (Å²) in [5, 5.41) is 10.9. The first-order valence-electron chi connectivity index (χ1n) is 4.85. The van der Waals surface area contributed by atoms with Crippen molar-refractivity contribution in [3.05, 3.63) is 52.1 Å². The van der Waals surface area contributed by atoms with Gasteiger partial charge in [0.1, 0.15) is 11.5 Å². The smallest absolute Gasteiger partial charge is 0.293 e. The van der Waals surface area contributed by atoms with Gasteiger partial charge in [-0.15, -0.1) is 0 Å². The molecule has 0 bridgehead atoms. The summed E-state index contributed by atoms with van der Waals surface area (Å²) in [6.07, 6.45) is 3.35. The van der Waals surface area contributed by atoms with Crippen LogP contribution in [-0.4, -0.2) is 14.5 Å². The Bertz CT molecular complexity index is 546. The standard InChI is InChI=1S/C11H11N3O2/c1-8-3-4-10(14(15)16)11(7-8)13-6-5-12-9(13)2/h3-7H,1-2H3. The molecule has 1 heterocycles. The third kappa shape index (κ3) is 1.67. The van der Waals surface area contributed by atoms with Crippen LogP contribution < -0.4 is 0 Å². The molecule has 1 aromatic carbocycles. The number of hydrogen-bond acceptors (Lipinski definition) is 3. The van der Waals surface area contributed by atoms with E-state index in [1.807, 2.05) is 13.8 Å². The maximum atomic E-state index is 10.9. The van der Waals surface area contributed by atoms with Crippen LogP contribution in [0.2, 0.25) is 0 Å². The van der Waals surface area contributed by atoms with E-state index in [-0.39, 0.29) is 10.6 Å². The second-order valence-electron chi connectivity index (χ2n) is 3.59. The molecule has 0 N–H and O–H groups in total. The lowest BCUT2D eigenvalue weighted by Gasteiger charge is -2.06. The molecule has 0 saturated carbocycles. The summed E-state index contributed by atoms with van der Waals surface area (Å²) in [5.41, 5.74) is 1.63. The third-order valence-electron chi connectivity index (χ3n) is 2.41. The highest BCUT2D eigenvalue weighted by molar-refractivity contribution is 5.54. The van der Waals surface area contributed by atoms with Gasteiger partial charge in [0.05, 0.1) is 4.92 Å². The molecule has 0 unspecified atom stereocenters. The van der Waals surface area contributed by atoms with Gasteiger partial charge in [-0.2, -0.15) is 0 Å². The van der Waals surface area contributed by atoms with Crippen LogP contribution in [0, 0.1) is 24.0 Å². The number of rotatable bonds is 2. The number of aryl methyl sites for hydroxylation is 2. The molecule has 1 aromatic heterocycles. The summed E-state index contributed by atoms with van der Waals surface area (Å²) in [6.45, 7) is 3.71. The van der Waals surface area contributed by atoms with Gasteiger partial charge in [0.25, 0.3) is 5.69 Å². The van der Waals surface area contributed by atoms with E-state index in [2.05, 4.69) is 4.98 Å². The van der Waals surface area contributed by atoms with Crippen LogP contribution in [-0.2, 0) is 0 Å². The first kappa shape index (κ1) is 10.4. The van der Waals surface area contributed by atoms with Crippen molar-refractivity contribution in [1.29, 1.82) is 0 Å². The summed E-state index contributed by atoms with van der Waals surface area (Å²) < 4.78 is 1.71. The van der Waals surface area contributed by atoms with E-state index in [1.54, 1.807) is 29.1 Å². The molecular weight excluding hydrogens is 206 g/mol. The predicted octanol–water partition coefficient (Wildman–Crippen LogP) is 2.40. The maximum absolute atomic E-state index is 10.9. The zero-order valence-electron chi connectivity index (χ0n) is 9.04. The molecule has 0 atom stereocenters. The van der Waals surface area contributed by atoms with Crippen molar-refractivity contribution < 1.29 is 4.92 Å². The van der Waals surface area contributed by atoms with E-state index >= 15 is 0 Å². The molecule has 82 valence electrons. The SMILES string of the molecule is Cc1ccc([N+](=O)[O-])c(-n2ccnc2C)c1. The van der Waals surface area contributed by atoms with Crippen molar-refractivity contribution in [1.82, 2.24) is 9.55 Å². The topological polar surface area (TPSA) is 61.0 Å². The Morgan fingerprint density at radius 2 is 2.12 bits per heavy atom. The van der Waals surface area contributed by atoms with E-state index in [0.29, 0.717) is 5.69 Å². The number of nitro benzene ring substituents is 1. The number of nitrogens with zero attached hydrogens (tertiary/aromatic N) is 3. The van der Waals surface area contributed by atoms with Crippen LogP contribution in [0.3, 0.4) is 0 Å². The first-order valence-corrected chi connectivity index (χ1v) is 4.85. The van der Waals surface area contributed by atoms with E-state index in [1.165, 1.54) is 6.07 Å². The van der Waals surface area contributed by atoms with Gasteiger partial charge >= 0.3 is 0 Å². The number of imidazole rings is 1. The van der Waals surface area contributed by atoms with Crippen molar-refractivity contribution in [2.75, 3.05) is 0 Å². The van der Waals surface area contributed by atoms with Gasteiger partial charge in [0.15, 0.2) is 0 Å². The minimum Gasteiger partial charge on any atom is -0.298 e. The summed E-state index contributed by atoms with van der Waals surface area (Å²) in [5.74, 6) is 0.730. The lowest BCUT2D eigenvalue weighted by Crippen LogP contribution is -2.01. The normalized spacial score (nSPS) is 10.4. The Balaban J connectivity index is 2.67. The van der Waals surface area contributed by atoms with Crippen LogP contribution >= 0.6 is 0 Å². The van der Waals surface area contributed by atoms with Crippen LogP contribution in [0.25, 0.3) is 5.69 Å². The summed E-state index contributed by atoms with van der Waals surface area (Å²) in [6, 6.07) is 5.03. The molecule has 0 amide bonds. The Labute approximate surface area is 92.5 Å².